The van der Waals surface area contributed by atoms with Crippen LogP contribution in [0.2, 0.25) is 0 Å². The molecule has 1 aliphatic heterocycles. The molecule has 0 unspecified atom stereocenters. The number of thiophene rings is 1. The smallest absolute Gasteiger partial charge is 0.264 e. The zero-order valence-electron chi connectivity index (χ0n) is 15.6. The second-order valence-corrected chi connectivity index (χ2v) is 9.81. The van der Waals surface area contributed by atoms with Crippen LogP contribution < -0.4 is 0 Å². The molecule has 152 valence electrons. The van der Waals surface area contributed by atoms with Gasteiger partial charge in [-0.05, 0) is 42.1 Å². The van der Waals surface area contributed by atoms with Crippen LogP contribution in [-0.2, 0) is 10.0 Å². The van der Waals surface area contributed by atoms with E-state index in [1.165, 1.54) is 15.6 Å². The minimum absolute atomic E-state index is 0.0943. The van der Waals surface area contributed by atoms with Crippen molar-refractivity contribution in [3.8, 4) is 0 Å². The van der Waals surface area contributed by atoms with Crippen molar-refractivity contribution in [2.75, 3.05) is 26.2 Å². The van der Waals surface area contributed by atoms with E-state index in [1.54, 1.807) is 4.90 Å². The Morgan fingerprint density at radius 3 is 2.34 bits per heavy atom. The number of amides is 1. The first-order valence-corrected chi connectivity index (χ1v) is 11.3. The standard InChI is InChI=1S/C20H18F2N2O3S2/c1-13-15-4-2-3-5-18(15)28-19(13)20(25)23-8-10-24(11-9-23)29(26,27)14-6-7-16(21)17(22)12-14/h2-7,12H,8-11H2,1H3. The Kier molecular flexibility index (Phi) is 5.14. The number of carbonyl (C=O) groups excluding carboxylic acids is 1. The summed E-state index contributed by atoms with van der Waals surface area (Å²) in [5, 5.41) is 1.04. The van der Waals surface area contributed by atoms with Gasteiger partial charge >= 0.3 is 0 Å². The van der Waals surface area contributed by atoms with E-state index in [2.05, 4.69) is 0 Å². The second kappa shape index (κ2) is 7.47. The van der Waals surface area contributed by atoms with Gasteiger partial charge in [0.15, 0.2) is 11.6 Å². The van der Waals surface area contributed by atoms with Gasteiger partial charge in [-0.15, -0.1) is 11.3 Å². The van der Waals surface area contributed by atoms with Gasteiger partial charge in [0.1, 0.15) is 0 Å². The molecule has 0 saturated carbocycles. The van der Waals surface area contributed by atoms with Gasteiger partial charge < -0.3 is 4.90 Å². The maximum Gasteiger partial charge on any atom is 0.264 e. The van der Waals surface area contributed by atoms with Crippen LogP contribution in [0.3, 0.4) is 0 Å². The van der Waals surface area contributed by atoms with E-state index in [4.69, 9.17) is 0 Å². The number of halogens is 2. The molecule has 4 rings (SSSR count). The van der Waals surface area contributed by atoms with Crippen LogP contribution in [0.1, 0.15) is 15.2 Å². The highest BCUT2D eigenvalue weighted by Crippen LogP contribution is 2.32. The highest BCUT2D eigenvalue weighted by Gasteiger charge is 2.32. The molecule has 2 heterocycles. The third-order valence-corrected chi connectivity index (χ3v) is 8.25. The number of benzene rings is 2. The summed E-state index contributed by atoms with van der Waals surface area (Å²) >= 11 is 1.43. The van der Waals surface area contributed by atoms with Gasteiger partial charge in [0.25, 0.3) is 5.91 Å². The number of hydrogen-bond donors (Lipinski definition) is 0. The van der Waals surface area contributed by atoms with E-state index in [-0.39, 0.29) is 37.0 Å². The summed E-state index contributed by atoms with van der Waals surface area (Å²) in [6.45, 7) is 2.56. The second-order valence-electron chi connectivity index (χ2n) is 6.82. The Balaban J connectivity index is 1.50. The van der Waals surface area contributed by atoms with Crippen molar-refractivity contribution in [3.63, 3.8) is 0 Å². The maximum absolute atomic E-state index is 13.4. The average Bonchev–Trinajstić information content (AvgIpc) is 3.06. The van der Waals surface area contributed by atoms with Crippen molar-refractivity contribution in [2.24, 2.45) is 0 Å². The molecule has 3 aromatic rings. The molecule has 0 bridgehead atoms. The Bertz CT molecular complexity index is 1200. The summed E-state index contributed by atoms with van der Waals surface area (Å²) in [5.41, 5.74) is 0.924. The normalized spacial score (nSPS) is 15.8. The zero-order valence-corrected chi connectivity index (χ0v) is 17.2. The van der Waals surface area contributed by atoms with E-state index in [9.17, 15) is 22.0 Å². The zero-order chi connectivity index (χ0) is 20.8. The fourth-order valence-electron chi connectivity index (χ4n) is 3.44. The SMILES string of the molecule is Cc1c(C(=O)N2CCN(S(=O)(=O)c3ccc(F)c(F)c3)CC2)sc2ccccc12. The number of hydrogen-bond acceptors (Lipinski definition) is 4. The molecule has 1 fully saturated rings. The highest BCUT2D eigenvalue weighted by molar-refractivity contribution is 7.89. The molecule has 9 heteroatoms. The maximum atomic E-state index is 13.4. The summed E-state index contributed by atoms with van der Waals surface area (Å²) in [6.07, 6.45) is 0. The van der Waals surface area contributed by atoms with Gasteiger partial charge in [0.05, 0.1) is 9.77 Å². The van der Waals surface area contributed by atoms with Gasteiger partial charge in [-0.2, -0.15) is 4.31 Å². The molecular weight excluding hydrogens is 418 g/mol. The molecule has 1 aliphatic rings. The monoisotopic (exact) mass is 436 g/mol. The predicted molar refractivity (Wildman–Crippen MR) is 108 cm³/mol. The highest BCUT2D eigenvalue weighted by atomic mass is 32.2. The van der Waals surface area contributed by atoms with Crippen molar-refractivity contribution in [1.29, 1.82) is 0 Å². The summed E-state index contributed by atoms with van der Waals surface area (Å²) in [7, 11) is -3.95. The number of rotatable bonds is 3. The predicted octanol–water partition coefficient (Wildman–Crippen LogP) is 3.63. The Hall–Kier alpha value is -2.36. The van der Waals surface area contributed by atoms with Gasteiger partial charge in [-0.3, -0.25) is 4.79 Å². The number of nitrogens with zero attached hydrogens (tertiary/aromatic N) is 2. The van der Waals surface area contributed by atoms with Crippen LogP contribution in [0.5, 0.6) is 0 Å². The molecule has 5 nitrogen and oxygen atoms in total. The summed E-state index contributed by atoms with van der Waals surface area (Å²) in [6, 6.07) is 10.3. The van der Waals surface area contributed by atoms with Gasteiger partial charge in [0.2, 0.25) is 10.0 Å². The van der Waals surface area contributed by atoms with Gasteiger partial charge in [-0.1, -0.05) is 18.2 Å². The lowest BCUT2D eigenvalue weighted by Crippen LogP contribution is -2.50. The molecule has 0 atom stereocenters. The van der Waals surface area contributed by atoms with Crippen molar-refractivity contribution in [2.45, 2.75) is 11.8 Å². The molecule has 0 spiro atoms. The van der Waals surface area contributed by atoms with Crippen LogP contribution in [0.15, 0.2) is 47.4 Å². The number of fused-ring (bicyclic) bond motifs is 1. The lowest BCUT2D eigenvalue weighted by atomic mass is 10.1. The quantitative estimate of drug-likeness (QED) is 0.630. The first-order valence-electron chi connectivity index (χ1n) is 9.01. The average molecular weight is 437 g/mol. The lowest BCUT2D eigenvalue weighted by Gasteiger charge is -2.34. The van der Waals surface area contributed by atoms with Crippen molar-refractivity contribution >= 4 is 37.4 Å². The topological polar surface area (TPSA) is 57.7 Å². The van der Waals surface area contributed by atoms with E-state index in [1.807, 2.05) is 31.2 Å². The summed E-state index contributed by atoms with van der Waals surface area (Å²) in [4.78, 5) is 15.0. The number of carbonyl (C=O) groups is 1. The Morgan fingerprint density at radius 2 is 1.69 bits per heavy atom. The molecule has 0 N–H and O–H groups in total. The van der Waals surface area contributed by atoms with Crippen molar-refractivity contribution < 1.29 is 22.0 Å². The van der Waals surface area contributed by atoms with Crippen LogP contribution in [0, 0.1) is 18.6 Å². The van der Waals surface area contributed by atoms with Gasteiger partial charge in [0, 0.05) is 30.9 Å². The first kappa shape index (κ1) is 19.9. The van der Waals surface area contributed by atoms with Gasteiger partial charge in [-0.25, -0.2) is 17.2 Å². The molecule has 0 aliphatic carbocycles. The summed E-state index contributed by atoms with van der Waals surface area (Å²) < 4.78 is 54.2. The molecule has 2 aromatic carbocycles. The summed E-state index contributed by atoms with van der Waals surface area (Å²) in [5.74, 6) is -2.42. The fraction of sp³-hybridized carbons (Fsp3) is 0.250. The molecular formula is C20H18F2N2O3S2. The first-order chi connectivity index (χ1) is 13.8. The molecule has 29 heavy (non-hydrogen) atoms. The van der Waals surface area contributed by atoms with Crippen LogP contribution in [0.25, 0.3) is 10.1 Å². The van der Waals surface area contributed by atoms with E-state index >= 15 is 0 Å². The molecule has 0 radical (unpaired) electrons. The lowest BCUT2D eigenvalue weighted by molar-refractivity contribution is 0.0702. The largest absolute Gasteiger partial charge is 0.335 e. The minimum Gasteiger partial charge on any atom is -0.335 e. The number of aryl methyl sites for hydroxylation is 1. The van der Waals surface area contributed by atoms with E-state index in [0.717, 1.165) is 27.8 Å². The molecule has 1 amide bonds. The van der Waals surface area contributed by atoms with E-state index in [0.29, 0.717) is 10.9 Å². The minimum atomic E-state index is -3.95. The van der Waals surface area contributed by atoms with Crippen LogP contribution >= 0.6 is 11.3 Å². The number of piperazine rings is 1. The Labute approximate surface area is 171 Å². The molecule has 1 saturated heterocycles. The van der Waals surface area contributed by atoms with Crippen molar-refractivity contribution in [3.05, 3.63) is 64.5 Å². The van der Waals surface area contributed by atoms with Crippen molar-refractivity contribution in [1.82, 2.24) is 9.21 Å². The van der Waals surface area contributed by atoms with Crippen LogP contribution in [-0.4, -0.2) is 49.7 Å². The number of sulfonamides is 1. The van der Waals surface area contributed by atoms with Crippen LogP contribution in [0.4, 0.5) is 8.78 Å². The third kappa shape index (κ3) is 3.54. The third-order valence-electron chi connectivity index (χ3n) is 5.09. The fourth-order valence-corrected chi connectivity index (χ4v) is 6.05. The van der Waals surface area contributed by atoms with E-state index < -0.39 is 21.7 Å². The molecule has 1 aromatic heterocycles. The Morgan fingerprint density at radius 1 is 1.00 bits per heavy atom.